The van der Waals surface area contributed by atoms with Crippen LogP contribution in [0.3, 0.4) is 0 Å². The Morgan fingerprint density at radius 3 is 2.36 bits per heavy atom. The van der Waals surface area contributed by atoms with Crippen LogP contribution in [0.1, 0.15) is 15.9 Å². The molecule has 0 saturated carbocycles. The first-order chi connectivity index (χ1) is 10.6. The monoisotopic (exact) mass is 317 g/mol. The maximum absolute atomic E-state index is 11.7. The summed E-state index contributed by atoms with van der Waals surface area (Å²) in [4.78, 5) is 38.1. The zero-order valence-electron chi connectivity index (χ0n) is 11.4. The molecule has 7 heteroatoms. The molecule has 2 rings (SSSR count). The summed E-state index contributed by atoms with van der Waals surface area (Å²) in [5.74, 6) is -1.54. The first-order valence-electron chi connectivity index (χ1n) is 6.34. The van der Waals surface area contributed by atoms with Crippen molar-refractivity contribution >= 4 is 34.3 Å². The van der Waals surface area contributed by atoms with E-state index in [9.17, 15) is 14.4 Å². The van der Waals surface area contributed by atoms with Crippen LogP contribution in [0.4, 0.5) is 5.69 Å². The Kier molecular flexibility index (Phi) is 5.21. The van der Waals surface area contributed by atoms with Gasteiger partial charge >= 0.3 is 11.8 Å². The van der Waals surface area contributed by atoms with Gasteiger partial charge in [-0.2, -0.15) is 0 Å². The van der Waals surface area contributed by atoms with Crippen molar-refractivity contribution in [1.82, 2.24) is 10.3 Å². The molecule has 0 aliphatic heterocycles. The van der Waals surface area contributed by atoms with Crippen molar-refractivity contribution in [3.05, 3.63) is 59.9 Å². The van der Waals surface area contributed by atoms with Crippen LogP contribution in [0.25, 0.3) is 0 Å². The number of nitrogens with one attached hydrogen (secondary N) is 2. The fourth-order valence-corrected chi connectivity index (χ4v) is 1.77. The van der Waals surface area contributed by atoms with Gasteiger partial charge in [0, 0.05) is 18.3 Å². The molecule has 112 valence electrons. The fourth-order valence-electron chi connectivity index (χ4n) is 1.64. The minimum absolute atomic E-state index is 0.163. The Morgan fingerprint density at radius 1 is 1.05 bits per heavy atom. The van der Waals surface area contributed by atoms with Crippen molar-refractivity contribution < 1.29 is 14.4 Å². The van der Waals surface area contributed by atoms with E-state index >= 15 is 0 Å². The minimum atomic E-state index is -0.777. The zero-order valence-corrected chi connectivity index (χ0v) is 12.1. The molecule has 0 saturated heterocycles. The highest BCUT2D eigenvalue weighted by Gasteiger charge is 2.13. The van der Waals surface area contributed by atoms with E-state index in [0.29, 0.717) is 11.3 Å². The minimum Gasteiger partial charge on any atom is -0.344 e. The molecule has 1 heterocycles. The number of nitrogens with zero attached hydrogens (tertiary/aromatic N) is 1. The molecule has 1 aromatic heterocycles. The van der Waals surface area contributed by atoms with Crippen molar-refractivity contribution in [2.45, 2.75) is 6.54 Å². The summed E-state index contributed by atoms with van der Waals surface area (Å²) in [6, 6.07) is 9.66. The van der Waals surface area contributed by atoms with Crippen LogP contribution < -0.4 is 10.6 Å². The second kappa shape index (κ2) is 7.33. The quantitative estimate of drug-likeness (QED) is 0.664. The molecule has 0 unspecified atom stereocenters. The molecule has 22 heavy (non-hydrogen) atoms. The van der Waals surface area contributed by atoms with E-state index in [2.05, 4.69) is 15.6 Å². The predicted molar refractivity (Wildman–Crippen MR) is 81.3 cm³/mol. The van der Waals surface area contributed by atoms with Crippen molar-refractivity contribution in [3.8, 4) is 0 Å². The Labute approximate surface area is 131 Å². The lowest BCUT2D eigenvalue weighted by Crippen LogP contribution is -2.34. The second-order valence-electron chi connectivity index (χ2n) is 4.35. The summed E-state index contributed by atoms with van der Waals surface area (Å²) < 4.78 is 0. The lowest BCUT2D eigenvalue weighted by molar-refractivity contribution is -0.136. The number of anilines is 1. The van der Waals surface area contributed by atoms with Gasteiger partial charge in [0.2, 0.25) is 0 Å². The molecule has 0 fully saturated rings. The number of aromatic nitrogens is 1. The Bertz CT molecular complexity index is 687. The van der Waals surface area contributed by atoms with Crippen LogP contribution in [-0.2, 0) is 16.1 Å². The van der Waals surface area contributed by atoms with Gasteiger partial charge in [-0.1, -0.05) is 12.1 Å². The molecule has 2 amide bonds. The summed E-state index contributed by atoms with van der Waals surface area (Å²) in [6.07, 6.45) is 3.00. The number of carbonyl (C=O) groups is 3. The van der Waals surface area contributed by atoms with Gasteiger partial charge in [-0.3, -0.25) is 19.4 Å². The van der Waals surface area contributed by atoms with Gasteiger partial charge in [0.25, 0.3) is 5.24 Å². The first-order valence-corrected chi connectivity index (χ1v) is 6.72. The van der Waals surface area contributed by atoms with Gasteiger partial charge < -0.3 is 10.6 Å². The van der Waals surface area contributed by atoms with E-state index in [4.69, 9.17) is 11.6 Å². The highest BCUT2D eigenvalue weighted by molar-refractivity contribution is 6.67. The average molecular weight is 318 g/mol. The molecule has 0 spiro atoms. The van der Waals surface area contributed by atoms with Crippen molar-refractivity contribution in [3.63, 3.8) is 0 Å². The molecule has 0 aliphatic rings. The number of hydrogen-bond donors (Lipinski definition) is 2. The molecule has 0 radical (unpaired) electrons. The summed E-state index contributed by atoms with van der Waals surface area (Å²) in [6.45, 7) is 0.163. The maximum atomic E-state index is 11.7. The molecule has 0 atom stereocenters. The number of benzene rings is 1. The van der Waals surface area contributed by atoms with Gasteiger partial charge in [-0.15, -0.1) is 0 Å². The third kappa shape index (κ3) is 4.39. The zero-order chi connectivity index (χ0) is 15.9. The van der Waals surface area contributed by atoms with E-state index in [-0.39, 0.29) is 6.54 Å². The average Bonchev–Trinajstić information content (AvgIpc) is 2.53. The Hall–Kier alpha value is -2.73. The van der Waals surface area contributed by atoms with Crippen molar-refractivity contribution in [2.75, 3.05) is 5.32 Å². The van der Waals surface area contributed by atoms with Gasteiger partial charge in [0.15, 0.2) is 0 Å². The van der Waals surface area contributed by atoms with Gasteiger partial charge in [0.1, 0.15) is 0 Å². The highest BCUT2D eigenvalue weighted by atomic mass is 35.5. The van der Waals surface area contributed by atoms with E-state index in [0.717, 1.165) is 5.56 Å². The predicted octanol–water partition coefficient (Wildman–Crippen LogP) is 1.72. The molecular weight excluding hydrogens is 306 g/mol. The molecule has 2 N–H and O–H groups in total. The Balaban J connectivity index is 1.86. The number of amides is 2. The second-order valence-corrected chi connectivity index (χ2v) is 4.69. The largest absolute Gasteiger partial charge is 0.344 e. The van der Waals surface area contributed by atoms with Crippen molar-refractivity contribution in [1.29, 1.82) is 0 Å². The standard InChI is InChI=1S/C15H12ClN3O3/c16-13(20)11-5-3-10(4-6-11)8-18-14(21)15(22)19-12-2-1-7-17-9-12/h1-7,9H,8H2,(H,18,21)(H,19,22). The first kappa shape index (κ1) is 15.7. The summed E-state index contributed by atoms with van der Waals surface area (Å²) in [5, 5.41) is 4.36. The highest BCUT2D eigenvalue weighted by Crippen LogP contribution is 2.07. The van der Waals surface area contributed by atoms with Crippen molar-refractivity contribution in [2.24, 2.45) is 0 Å². The maximum Gasteiger partial charge on any atom is 0.313 e. The Morgan fingerprint density at radius 2 is 1.77 bits per heavy atom. The number of rotatable bonds is 4. The third-order valence-electron chi connectivity index (χ3n) is 2.76. The van der Waals surface area contributed by atoms with Crippen LogP contribution in [-0.4, -0.2) is 22.0 Å². The normalized spacial score (nSPS) is 9.86. The number of hydrogen-bond acceptors (Lipinski definition) is 4. The molecule has 1 aromatic carbocycles. The lowest BCUT2D eigenvalue weighted by Gasteiger charge is -2.06. The van der Waals surface area contributed by atoms with Crippen LogP contribution in [0.15, 0.2) is 48.8 Å². The summed E-state index contributed by atoms with van der Waals surface area (Å²) >= 11 is 5.33. The van der Waals surface area contributed by atoms with E-state index < -0.39 is 17.1 Å². The third-order valence-corrected chi connectivity index (χ3v) is 2.98. The fraction of sp³-hybridized carbons (Fsp3) is 0.0667. The smallest absolute Gasteiger partial charge is 0.313 e. The van der Waals surface area contributed by atoms with Crippen LogP contribution >= 0.6 is 11.6 Å². The molecule has 0 bridgehead atoms. The van der Waals surface area contributed by atoms with Crippen LogP contribution in [0, 0.1) is 0 Å². The van der Waals surface area contributed by atoms with Crippen LogP contribution in [0.2, 0.25) is 0 Å². The van der Waals surface area contributed by atoms with E-state index in [1.807, 2.05) is 0 Å². The number of pyridine rings is 1. The molecular formula is C15H12ClN3O3. The molecule has 2 aromatic rings. The topological polar surface area (TPSA) is 88.2 Å². The van der Waals surface area contributed by atoms with Crippen LogP contribution in [0.5, 0.6) is 0 Å². The molecule has 0 aliphatic carbocycles. The lowest BCUT2D eigenvalue weighted by atomic mass is 10.1. The number of carbonyl (C=O) groups excluding carboxylic acids is 3. The summed E-state index contributed by atoms with van der Waals surface area (Å²) in [5.41, 5.74) is 1.54. The van der Waals surface area contributed by atoms with E-state index in [1.54, 1.807) is 42.6 Å². The van der Waals surface area contributed by atoms with Gasteiger partial charge in [-0.05, 0) is 41.4 Å². The van der Waals surface area contributed by atoms with Gasteiger partial charge in [-0.25, -0.2) is 0 Å². The summed E-state index contributed by atoms with van der Waals surface area (Å²) in [7, 11) is 0. The van der Waals surface area contributed by atoms with E-state index in [1.165, 1.54) is 6.20 Å². The van der Waals surface area contributed by atoms with Gasteiger partial charge in [0.05, 0.1) is 11.9 Å². The SMILES string of the molecule is O=C(NCc1ccc(C(=O)Cl)cc1)C(=O)Nc1cccnc1. The molecule has 6 nitrogen and oxygen atoms in total. The number of halogens is 1.